The van der Waals surface area contributed by atoms with E-state index in [1.807, 2.05) is 6.92 Å². The van der Waals surface area contributed by atoms with Crippen LogP contribution in [0.2, 0.25) is 5.02 Å². The number of rotatable bonds is 4. The highest BCUT2D eigenvalue weighted by atomic mass is 35.5. The van der Waals surface area contributed by atoms with E-state index in [4.69, 9.17) is 11.6 Å². The molecule has 8 nitrogen and oxygen atoms in total. The average molecular weight is 466 g/mol. The Morgan fingerprint density at radius 2 is 2.12 bits per heavy atom. The number of hydrogen-bond acceptors (Lipinski definition) is 6. The number of anilines is 1. The fourth-order valence-electron chi connectivity index (χ4n) is 4.06. The van der Waals surface area contributed by atoms with Crippen molar-refractivity contribution in [2.24, 2.45) is 0 Å². The maximum absolute atomic E-state index is 15.3. The lowest BCUT2D eigenvalue weighted by Gasteiger charge is -2.34. The van der Waals surface area contributed by atoms with Gasteiger partial charge in [-0.1, -0.05) is 16.8 Å². The van der Waals surface area contributed by atoms with E-state index in [0.717, 1.165) is 24.9 Å². The summed E-state index contributed by atoms with van der Waals surface area (Å²) in [4.78, 5) is 23.8. The van der Waals surface area contributed by atoms with Crippen LogP contribution >= 0.6 is 11.6 Å². The summed E-state index contributed by atoms with van der Waals surface area (Å²) in [7, 11) is 0. The fourth-order valence-corrected chi connectivity index (χ4v) is 4.26. The topological polar surface area (TPSA) is 88.8 Å². The van der Waals surface area contributed by atoms with Crippen LogP contribution in [0.3, 0.4) is 0 Å². The Hall–Kier alpha value is -3.43. The number of halogens is 2. The van der Waals surface area contributed by atoms with Gasteiger partial charge < -0.3 is 5.32 Å². The van der Waals surface area contributed by atoms with Gasteiger partial charge in [-0.15, -0.1) is 5.10 Å². The van der Waals surface area contributed by atoms with E-state index in [0.29, 0.717) is 34.2 Å². The Labute approximate surface area is 194 Å². The maximum Gasteiger partial charge on any atom is 0.262 e. The van der Waals surface area contributed by atoms with Crippen LogP contribution in [-0.2, 0) is 0 Å². The van der Waals surface area contributed by atoms with Crippen LogP contribution in [0.1, 0.15) is 28.8 Å². The minimum atomic E-state index is -0.672. The SMILES string of the molecule is Cc1ccnc(N(C(=O)c2ccc(-n3nnc4cccnc43)cc2F)[C@@H]2CCCNC2)c1Cl. The summed E-state index contributed by atoms with van der Waals surface area (Å²) >= 11 is 6.53. The monoisotopic (exact) mass is 465 g/mol. The maximum atomic E-state index is 15.3. The highest BCUT2D eigenvalue weighted by Crippen LogP contribution is 2.31. The van der Waals surface area contributed by atoms with E-state index in [1.54, 1.807) is 36.7 Å². The van der Waals surface area contributed by atoms with E-state index < -0.39 is 11.7 Å². The van der Waals surface area contributed by atoms with Crippen LogP contribution in [0.5, 0.6) is 0 Å². The Morgan fingerprint density at radius 1 is 1.24 bits per heavy atom. The van der Waals surface area contributed by atoms with E-state index in [-0.39, 0.29) is 11.6 Å². The molecular formula is C23H21ClFN7O. The number of nitrogens with one attached hydrogen (secondary N) is 1. The molecule has 0 radical (unpaired) electrons. The average Bonchev–Trinajstić information content (AvgIpc) is 3.27. The summed E-state index contributed by atoms with van der Waals surface area (Å²) in [6.07, 6.45) is 4.88. The quantitative estimate of drug-likeness (QED) is 0.494. The molecular weight excluding hydrogens is 445 g/mol. The number of hydrogen-bond donors (Lipinski definition) is 1. The van der Waals surface area contributed by atoms with Crippen molar-refractivity contribution < 1.29 is 9.18 Å². The number of amides is 1. The van der Waals surface area contributed by atoms with Gasteiger partial charge in [-0.25, -0.2) is 14.4 Å². The summed E-state index contributed by atoms with van der Waals surface area (Å²) in [6.45, 7) is 3.30. The summed E-state index contributed by atoms with van der Waals surface area (Å²) in [6, 6.07) is 9.45. The molecule has 1 aliphatic heterocycles. The molecule has 0 unspecified atom stereocenters. The zero-order valence-electron chi connectivity index (χ0n) is 17.9. The standard InChI is InChI=1S/C23H21ClFN7O/c1-14-8-11-28-22(20(14)24)31(16-4-2-9-26-13-16)23(33)17-7-6-15(12-18(17)25)32-21-19(29-30-32)5-3-10-27-21/h3,5-8,10-12,16,26H,2,4,9,13H2,1H3/t16-/m1/s1. The van der Waals surface area contributed by atoms with Gasteiger partial charge >= 0.3 is 0 Å². The molecule has 0 bridgehead atoms. The summed E-state index contributed by atoms with van der Waals surface area (Å²) in [5, 5.41) is 11.8. The first-order valence-electron chi connectivity index (χ1n) is 10.7. The molecule has 5 rings (SSSR count). The largest absolute Gasteiger partial charge is 0.315 e. The Morgan fingerprint density at radius 3 is 2.91 bits per heavy atom. The predicted octanol–water partition coefficient (Wildman–Crippen LogP) is 3.71. The van der Waals surface area contributed by atoms with Gasteiger partial charge in [0.2, 0.25) is 0 Å². The van der Waals surface area contributed by atoms with Crippen LogP contribution in [0.25, 0.3) is 16.9 Å². The third kappa shape index (κ3) is 3.94. The molecule has 1 aliphatic rings. The molecule has 1 amide bonds. The second kappa shape index (κ2) is 8.84. The van der Waals surface area contributed by atoms with Crippen molar-refractivity contribution in [1.29, 1.82) is 0 Å². The molecule has 1 atom stereocenters. The van der Waals surface area contributed by atoms with Crippen molar-refractivity contribution in [3.63, 3.8) is 0 Å². The zero-order chi connectivity index (χ0) is 22.9. The van der Waals surface area contributed by atoms with Gasteiger partial charge in [0.25, 0.3) is 5.91 Å². The van der Waals surface area contributed by atoms with Crippen molar-refractivity contribution in [3.05, 3.63) is 70.8 Å². The number of carbonyl (C=O) groups is 1. The van der Waals surface area contributed by atoms with Crippen molar-refractivity contribution in [2.45, 2.75) is 25.8 Å². The van der Waals surface area contributed by atoms with Gasteiger partial charge in [-0.05, 0) is 62.2 Å². The first kappa shape index (κ1) is 21.4. The van der Waals surface area contributed by atoms with Crippen molar-refractivity contribution >= 4 is 34.5 Å². The van der Waals surface area contributed by atoms with Gasteiger partial charge in [-0.3, -0.25) is 9.69 Å². The summed E-state index contributed by atoms with van der Waals surface area (Å²) < 4.78 is 16.8. The van der Waals surface area contributed by atoms with E-state index >= 15 is 4.39 Å². The zero-order valence-corrected chi connectivity index (χ0v) is 18.6. The minimum absolute atomic E-state index is 0.0684. The van der Waals surface area contributed by atoms with Gasteiger partial charge in [0.1, 0.15) is 11.3 Å². The smallest absolute Gasteiger partial charge is 0.262 e. The number of piperidine rings is 1. The van der Waals surface area contributed by atoms with Crippen LogP contribution in [0.4, 0.5) is 10.2 Å². The number of aromatic nitrogens is 5. The highest BCUT2D eigenvalue weighted by molar-refractivity contribution is 6.34. The van der Waals surface area contributed by atoms with Crippen molar-refractivity contribution in [2.75, 3.05) is 18.0 Å². The summed E-state index contributed by atoms with van der Waals surface area (Å²) in [5.74, 6) is -0.825. The molecule has 4 aromatic rings. The molecule has 33 heavy (non-hydrogen) atoms. The first-order valence-corrected chi connectivity index (χ1v) is 11.0. The first-order chi connectivity index (χ1) is 16.0. The van der Waals surface area contributed by atoms with E-state index in [2.05, 4.69) is 25.6 Å². The van der Waals surface area contributed by atoms with Crippen molar-refractivity contribution in [3.8, 4) is 5.69 Å². The normalized spacial score (nSPS) is 16.2. The van der Waals surface area contributed by atoms with Crippen LogP contribution < -0.4 is 10.2 Å². The molecule has 168 valence electrons. The fraction of sp³-hybridized carbons (Fsp3) is 0.261. The molecule has 10 heteroatoms. The molecule has 4 heterocycles. The van der Waals surface area contributed by atoms with Crippen LogP contribution in [0.15, 0.2) is 48.8 Å². The van der Waals surface area contributed by atoms with Gasteiger partial charge in [-0.2, -0.15) is 4.68 Å². The molecule has 1 fully saturated rings. The minimum Gasteiger partial charge on any atom is -0.315 e. The Kier molecular flexibility index (Phi) is 5.74. The molecule has 1 aromatic carbocycles. The lowest BCUT2D eigenvalue weighted by Crippen LogP contribution is -2.49. The van der Waals surface area contributed by atoms with E-state index in [9.17, 15) is 4.79 Å². The lowest BCUT2D eigenvalue weighted by atomic mass is 10.0. The third-order valence-electron chi connectivity index (χ3n) is 5.78. The molecule has 0 spiro atoms. The number of carbonyl (C=O) groups excluding carboxylic acids is 1. The molecule has 1 saturated heterocycles. The number of benzene rings is 1. The highest BCUT2D eigenvalue weighted by Gasteiger charge is 2.32. The van der Waals surface area contributed by atoms with Gasteiger partial charge in [0, 0.05) is 25.0 Å². The molecule has 1 N–H and O–H groups in total. The van der Waals surface area contributed by atoms with E-state index in [1.165, 1.54) is 21.7 Å². The second-order valence-electron chi connectivity index (χ2n) is 7.95. The van der Waals surface area contributed by atoms with Crippen LogP contribution in [-0.4, -0.2) is 50.0 Å². The predicted molar refractivity (Wildman–Crippen MR) is 123 cm³/mol. The second-order valence-corrected chi connectivity index (χ2v) is 8.33. The third-order valence-corrected chi connectivity index (χ3v) is 6.25. The Balaban J connectivity index is 1.55. The molecule has 0 saturated carbocycles. The number of fused-ring (bicyclic) bond motifs is 1. The number of aryl methyl sites for hydroxylation is 1. The summed E-state index contributed by atoms with van der Waals surface area (Å²) in [5.41, 5.74) is 2.24. The molecule has 3 aromatic heterocycles. The number of nitrogens with zero attached hydrogens (tertiary/aromatic N) is 6. The van der Waals surface area contributed by atoms with Crippen molar-refractivity contribution in [1.82, 2.24) is 30.3 Å². The lowest BCUT2D eigenvalue weighted by molar-refractivity contribution is 0.0967. The number of pyridine rings is 2. The van der Waals surface area contributed by atoms with Gasteiger partial charge in [0.15, 0.2) is 11.5 Å². The molecule has 0 aliphatic carbocycles. The van der Waals surface area contributed by atoms with Gasteiger partial charge in [0.05, 0.1) is 22.3 Å². The Bertz CT molecular complexity index is 1340. The van der Waals surface area contributed by atoms with Crippen LogP contribution in [0, 0.1) is 12.7 Å².